The topological polar surface area (TPSA) is 71.0 Å². The zero-order chi connectivity index (χ0) is 13.1. The molecule has 0 radical (unpaired) electrons. The zero-order valence-corrected chi connectivity index (χ0v) is 11.0. The van der Waals surface area contributed by atoms with Crippen molar-refractivity contribution in [1.82, 2.24) is 10.2 Å². The van der Waals surface area contributed by atoms with Gasteiger partial charge in [0.05, 0.1) is 12.2 Å². The second-order valence-electron chi connectivity index (χ2n) is 5.10. The number of hydrogen-bond donors (Lipinski definition) is 2. The predicted octanol–water partition coefficient (Wildman–Crippen LogP) is -0.463. The standard InChI is InChI=1S/C12H22N2O4/c1-17-10-6-14(7-11(10)18-2)5-9(12(15)16)13-8-3-4-8/h8-11,13H,3-7H2,1-2H3,(H,15,16). The fraction of sp³-hybridized carbons (Fsp3) is 0.917. The maximum absolute atomic E-state index is 11.2. The van der Waals surface area contributed by atoms with Crippen molar-refractivity contribution in [3.63, 3.8) is 0 Å². The summed E-state index contributed by atoms with van der Waals surface area (Å²) in [5.74, 6) is -0.781. The van der Waals surface area contributed by atoms with Crippen molar-refractivity contribution in [2.75, 3.05) is 33.9 Å². The lowest BCUT2D eigenvalue weighted by Crippen LogP contribution is -2.46. The van der Waals surface area contributed by atoms with Gasteiger partial charge in [-0.15, -0.1) is 0 Å². The summed E-state index contributed by atoms with van der Waals surface area (Å²) in [7, 11) is 3.33. The van der Waals surface area contributed by atoms with Crippen molar-refractivity contribution in [1.29, 1.82) is 0 Å². The first-order valence-corrected chi connectivity index (χ1v) is 6.40. The molecule has 0 spiro atoms. The van der Waals surface area contributed by atoms with E-state index >= 15 is 0 Å². The number of carbonyl (C=O) groups is 1. The fourth-order valence-electron chi connectivity index (χ4n) is 2.42. The highest BCUT2D eigenvalue weighted by atomic mass is 16.5. The number of aliphatic carboxylic acids is 1. The van der Waals surface area contributed by atoms with Gasteiger partial charge in [0.2, 0.25) is 0 Å². The van der Waals surface area contributed by atoms with Crippen molar-refractivity contribution in [3.8, 4) is 0 Å². The normalized spacial score (nSPS) is 30.6. The molecule has 2 aliphatic rings. The third-order valence-electron chi connectivity index (χ3n) is 3.65. The molecular weight excluding hydrogens is 236 g/mol. The van der Waals surface area contributed by atoms with Crippen LogP contribution in [0, 0.1) is 0 Å². The Hall–Kier alpha value is -0.690. The van der Waals surface area contributed by atoms with Crippen LogP contribution < -0.4 is 5.32 Å². The van der Waals surface area contributed by atoms with E-state index in [2.05, 4.69) is 10.2 Å². The molecule has 1 saturated carbocycles. The summed E-state index contributed by atoms with van der Waals surface area (Å²) in [4.78, 5) is 13.3. The minimum absolute atomic E-state index is 0.0327. The second-order valence-corrected chi connectivity index (χ2v) is 5.10. The molecule has 0 aromatic rings. The van der Waals surface area contributed by atoms with Crippen LogP contribution in [0.2, 0.25) is 0 Å². The van der Waals surface area contributed by atoms with Gasteiger partial charge in [0.1, 0.15) is 6.04 Å². The van der Waals surface area contributed by atoms with Gasteiger partial charge >= 0.3 is 5.97 Å². The molecule has 6 heteroatoms. The minimum atomic E-state index is -0.781. The average molecular weight is 258 g/mol. The van der Waals surface area contributed by atoms with Gasteiger partial charge in [0.25, 0.3) is 0 Å². The lowest BCUT2D eigenvalue weighted by molar-refractivity contribution is -0.140. The molecule has 6 nitrogen and oxygen atoms in total. The van der Waals surface area contributed by atoms with Crippen LogP contribution in [0.25, 0.3) is 0 Å². The van der Waals surface area contributed by atoms with Crippen molar-refractivity contribution in [3.05, 3.63) is 0 Å². The summed E-state index contributed by atoms with van der Waals surface area (Å²) in [6.45, 7) is 1.96. The van der Waals surface area contributed by atoms with Crippen molar-refractivity contribution in [2.24, 2.45) is 0 Å². The first-order chi connectivity index (χ1) is 8.63. The summed E-state index contributed by atoms with van der Waals surface area (Å²) < 4.78 is 10.7. The SMILES string of the molecule is COC1CN(CC(NC2CC2)C(=O)O)CC1OC. The van der Waals surface area contributed by atoms with E-state index in [1.165, 1.54) is 0 Å². The smallest absolute Gasteiger partial charge is 0.322 e. The fourth-order valence-corrected chi connectivity index (χ4v) is 2.42. The quantitative estimate of drug-likeness (QED) is 0.644. The minimum Gasteiger partial charge on any atom is -0.480 e. The van der Waals surface area contributed by atoms with Crippen LogP contribution >= 0.6 is 0 Å². The number of nitrogens with one attached hydrogen (secondary N) is 1. The lowest BCUT2D eigenvalue weighted by atomic mass is 10.2. The van der Waals surface area contributed by atoms with Crippen LogP contribution in [-0.4, -0.2) is 74.1 Å². The van der Waals surface area contributed by atoms with Crippen molar-refractivity contribution < 1.29 is 19.4 Å². The Morgan fingerprint density at radius 1 is 1.33 bits per heavy atom. The Morgan fingerprint density at radius 3 is 2.28 bits per heavy atom. The van der Waals surface area contributed by atoms with Crippen LogP contribution in [0.1, 0.15) is 12.8 Å². The summed E-state index contributed by atoms with van der Waals surface area (Å²) in [6, 6.07) is -0.101. The summed E-state index contributed by atoms with van der Waals surface area (Å²) in [6.07, 6.45) is 2.24. The molecule has 1 aliphatic heterocycles. The lowest BCUT2D eigenvalue weighted by Gasteiger charge is -2.21. The largest absolute Gasteiger partial charge is 0.480 e. The summed E-state index contributed by atoms with van der Waals surface area (Å²) in [5.41, 5.74) is 0. The van der Waals surface area contributed by atoms with Crippen LogP contribution in [0.4, 0.5) is 0 Å². The Labute approximate surface area is 107 Å². The summed E-state index contributed by atoms with van der Waals surface area (Å²) in [5, 5.41) is 12.4. The molecule has 2 fully saturated rings. The highest BCUT2D eigenvalue weighted by molar-refractivity contribution is 5.73. The van der Waals surface area contributed by atoms with Crippen molar-refractivity contribution in [2.45, 2.75) is 37.1 Å². The number of carboxylic acid groups (broad SMARTS) is 1. The van der Waals surface area contributed by atoms with Gasteiger partial charge in [-0.2, -0.15) is 0 Å². The van der Waals surface area contributed by atoms with E-state index in [0.717, 1.165) is 25.9 Å². The molecule has 0 bridgehead atoms. The van der Waals surface area contributed by atoms with Crippen molar-refractivity contribution >= 4 is 5.97 Å². The molecule has 18 heavy (non-hydrogen) atoms. The average Bonchev–Trinajstić information content (AvgIpc) is 3.07. The number of rotatable bonds is 7. The Morgan fingerprint density at radius 2 is 1.89 bits per heavy atom. The zero-order valence-electron chi connectivity index (χ0n) is 11.0. The Bertz CT molecular complexity index is 284. The third-order valence-corrected chi connectivity index (χ3v) is 3.65. The predicted molar refractivity (Wildman–Crippen MR) is 65.6 cm³/mol. The highest BCUT2D eigenvalue weighted by Gasteiger charge is 2.36. The first kappa shape index (κ1) is 13.7. The van der Waals surface area contributed by atoms with Gasteiger partial charge < -0.3 is 19.9 Å². The van der Waals surface area contributed by atoms with E-state index in [9.17, 15) is 9.90 Å². The van der Waals surface area contributed by atoms with E-state index in [4.69, 9.17) is 9.47 Å². The molecule has 1 saturated heterocycles. The van der Waals surface area contributed by atoms with Crippen LogP contribution in [0.15, 0.2) is 0 Å². The van der Waals surface area contributed by atoms with E-state index in [0.29, 0.717) is 12.6 Å². The van der Waals surface area contributed by atoms with E-state index < -0.39 is 12.0 Å². The number of likely N-dealkylation sites (tertiary alicyclic amines) is 1. The number of hydrogen-bond acceptors (Lipinski definition) is 5. The van der Waals surface area contributed by atoms with Gasteiger partial charge in [0, 0.05) is 39.9 Å². The van der Waals surface area contributed by atoms with Crippen LogP contribution in [0.5, 0.6) is 0 Å². The van der Waals surface area contributed by atoms with Crippen LogP contribution in [0.3, 0.4) is 0 Å². The van der Waals surface area contributed by atoms with Gasteiger partial charge in [-0.1, -0.05) is 0 Å². The molecule has 2 N–H and O–H groups in total. The molecule has 104 valence electrons. The van der Waals surface area contributed by atoms with Gasteiger partial charge in [-0.3, -0.25) is 9.69 Å². The van der Waals surface area contributed by atoms with E-state index in [1.807, 2.05) is 0 Å². The maximum atomic E-state index is 11.2. The maximum Gasteiger partial charge on any atom is 0.322 e. The molecule has 0 amide bonds. The monoisotopic (exact) mass is 258 g/mol. The first-order valence-electron chi connectivity index (χ1n) is 6.40. The molecular formula is C12H22N2O4. The highest BCUT2D eigenvalue weighted by Crippen LogP contribution is 2.21. The van der Waals surface area contributed by atoms with E-state index in [1.54, 1.807) is 14.2 Å². The molecule has 0 aromatic carbocycles. The molecule has 1 aliphatic carbocycles. The summed E-state index contributed by atoms with van der Waals surface area (Å²) >= 11 is 0. The second kappa shape index (κ2) is 5.97. The van der Waals surface area contributed by atoms with Gasteiger partial charge in [-0.25, -0.2) is 0 Å². The molecule has 3 atom stereocenters. The molecule has 0 aromatic heterocycles. The molecule has 3 unspecified atom stereocenters. The Balaban J connectivity index is 1.85. The van der Waals surface area contributed by atoms with Gasteiger partial charge in [-0.05, 0) is 12.8 Å². The van der Waals surface area contributed by atoms with Crippen LogP contribution in [-0.2, 0) is 14.3 Å². The third kappa shape index (κ3) is 3.41. The van der Waals surface area contributed by atoms with E-state index in [-0.39, 0.29) is 12.2 Å². The van der Waals surface area contributed by atoms with Gasteiger partial charge in [0.15, 0.2) is 0 Å². The number of methoxy groups -OCH3 is 2. The Kier molecular flexibility index (Phi) is 4.55. The number of nitrogens with zero attached hydrogens (tertiary/aromatic N) is 1. The molecule has 2 rings (SSSR count). The number of ether oxygens (including phenoxy) is 2. The molecule has 1 heterocycles. The number of carboxylic acids is 1.